The Morgan fingerprint density at radius 3 is 1.22 bits per heavy atom. The lowest BCUT2D eigenvalue weighted by atomic mass is 10.0. The lowest BCUT2D eigenvalue weighted by Gasteiger charge is -2.20. The van der Waals surface area contributed by atoms with Crippen LogP contribution in [0.5, 0.6) is 0 Å². The van der Waals surface area contributed by atoms with Crippen molar-refractivity contribution in [2.24, 2.45) is 5.73 Å². The number of aliphatic carboxylic acids is 1. The van der Waals surface area contributed by atoms with Gasteiger partial charge >= 0.3 is 19.8 Å². The SMILES string of the molecule is CCCCCCCCCCCCCCCCCCCCCCC(=O)O[C@H](COCCCCCCCCCCCCCC)COP(=O)(O)OC[C@H](N)C(=O)O. The number of carbonyl (C=O) groups excluding carboxylic acids is 1. The molecule has 0 rings (SSSR count). The number of ether oxygens (including phenoxy) is 2. The standard InChI is InChI=1S/C43H86NO9P/c1-3-5-7-9-11-13-15-17-18-19-20-21-22-23-24-25-27-29-31-33-35-42(45)53-40(38-51-54(48,49)52-39-41(44)43(46)47)37-50-36-34-32-30-28-26-16-14-12-10-8-6-4-2/h40-41H,3-39,44H2,1-2H3,(H,46,47)(H,48,49)/t40-,41+/m1/s1. The molecule has 0 aliphatic carbocycles. The Morgan fingerprint density at radius 1 is 0.519 bits per heavy atom. The molecule has 0 saturated carbocycles. The van der Waals surface area contributed by atoms with E-state index in [0.29, 0.717) is 6.61 Å². The summed E-state index contributed by atoms with van der Waals surface area (Å²) in [4.78, 5) is 33.5. The molecular formula is C43H86NO9P. The van der Waals surface area contributed by atoms with Crippen LogP contribution in [0, 0.1) is 0 Å². The van der Waals surface area contributed by atoms with Crippen molar-refractivity contribution < 1.29 is 42.7 Å². The molecule has 322 valence electrons. The molecule has 1 unspecified atom stereocenters. The number of rotatable bonds is 44. The molecule has 0 heterocycles. The molecule has 0 saturated heterocycles. The molecule has 10 nitrogen and oxygen atoms in total. The summed E-state index contributed by atoms with van der Waals surface area (Å²) in [6.45, 7) is 3.93. The first kappa shape index (κ1) is 53.0. The predicted molar refractivity (Wildman–Crippen MR) is 222 cm³/mol. The quantitative estimate of drug-likeness (QED) is 0.0308. The fourth-order valence-corrected chi connectivity index (χ4v) is 7.38. The van der Waals surface area contributed by atoms with Crippen LogP contribution in [0.15, 0.2) is 0 Å². The van der Waals surface area contributed by atoms with Gasteiger partial charge in [0.1, 0.15) is 12.1 Å². The van der Waals surface area contributed by atoms with Crippen LogP contribution in [-0.4, -0.2) is 60.5 Å². The van der Waals surface area contributed by atoms with E-state index in [9.17, 15) is 19.0 Å². The van der Waals surface area contributed by atoms with Crippen LogP contribution in [-0.2, 0) is 32.7 Å². The molecule has 0 radical (unpaired) electrons. The van der Waals surface area contributed by atoms with Gasteiger partial charge in [0.15, 0.2) is 0 Å². The number of carbonyl (C=O) groups is 2. The molecular weight excluding hydrogens is 705 g/mol. The molecule has 54 heavy (non-hydrogen) atoms. The van der Waals surface area contributed by atoms with Gasteiger partial charge in [-0.3, -0.25) is 18.6 Å². The fourth-order valence-electron chi connectivity index (χ4n) is 6.61. The van der Waals surface area contributed by atoms with Gasteiger partial charge in [-0.25, -0.2) is 4.57 Å². The van der Waals surface area contributed by atoms with Crippen LogP contribution in [0.3, 0.4) is 0 Å². The van der Waals surface area contributed by atoms with Crippen molar-refractivity contribution >= 4 is 19.8 Å². The maximum absolute atomic E-state index is 12.6. The van der Waals surface area contributed by atoms with Crippen LogP contribution in [0.25, 0.3) is 0 Å². The highest BCUT2D eigenvalue weighted by Crippen LogP contribution is 2.43. The molecule has 0 aromatic carbocycles. The van der Waals surface area contributed by atoms with Gasteiger partial charge in [0.05, 0.1) is 19.8 Å². The number of hydrogen-bond donors (Lipinski definition) is 3. The van der Waals surface area contributed by atoms with Crippen LogP contribution in [0.2, 0.25) is 0 Å². The van der Waals surface area contributed by atoms with Gasteiger partial charge in [0.2, 0.25) is 0 Å². The summed E-state index contributed by atoms with van der Waals surface area (Å²) in [6, 6.07) is -1.47. The second-order valence-corrected chi connectivity index (χ2v) is 17.0. The van der Waals surface area contributed by atoms with Crippen LogP contribution < -0.4 is 5.73 Å². The molecule has 4 N–H and O–H groups in total. The van der Waals surface area contributed by atoms with Crippen molar-refractivity contribution in [2.45, 2.75) is 238 Å². The van der Waals surface area contributed by atoms with Crippen LogP contribution in [0.1, 0.15) is 226 Å². The third-order valence-electron chi connectivity index (χ3n) is 10.1. The highest BCUT2D eigenvalue weighted by molar-refractivity contribution is 7.47. The van der Waals surface area contributed by atoms with E-state index in [-0.39, 0.29) is 13.0 Å². The topological polar surface area (TPSA) is 155 Å². The monoisotopic (exact) mass is 792 g/mol. The van der Waals surface area contributed by atoms with Crippen molar-refractivity contribution in [3.05, 3.63) is 0 Å². The van der Waals surface area contributed by atoms with Crippen molar-refractivity contribution in [3.8, 4) is 0 Å². The maximum atomic E-state index is 12.6. The first-order valence-corrected chi connectivity index (χ1v) is 24.1. The highest BCUT2D eigenvalue weighted by atomic mass is 31.2. The molecule has 11 heteroatoms. The lowest BCUT2D eigenvalue weighted by Crippen LogP contribution is -2.34. The second kappa shape index (κ2) is 40.2. The third-order valence-corrected chi connectivity index (χ3v) is 11.1. The van der Waals surface area contributed by atoms with Crippen molar-refractivity contribution in [1.29, 1.82) is 0 Å². The summed E-state index contributed by atoms with van der Waals surface area (Å²) in [7, 11) is -4.61. The minimum atomic E-state index is -4.61. The zero-order valence-electron chi connectivity index (χ0n) is 35.1. The number of nitrogens with two attached hydrogens (primary N) is 1. The molecule has 3 atom stereocenters. The Labute approximate surface area is 331 Å². The minimum Gasteiger partial charge on any atom is -0.480 e. The van der Waals surface area contributed by atoms with E-state index in [1.807, 2.05) is 0 Å². The van der Waals surface area contributed by atoms with Gasteiger partial charge < -0.3 is 25.2 Å². The predicted octanol–water partition coefficient (Wildman–Crippen LogP) is 12.4. The third kappa shape index (κ3) is 39.2. The van der Waals surface area contributed by atoms with Crippen molar-refractivity contribution in [2.75, 3.05) is 26.4 Å². The zero-order chi connectivity index (χ0) is 39.8. The highest BCUT2D eigenvalue weighted by Gasteiger charge is 2.27. The van der Waals surface area contributed by atoms with Crippen LogP contribution in [0.4, 0.5) is 0 Å². The van der Waals surface area contributed by atoms with Gasteiger partial charge in [-0.1, -0.05) is 206 Å². The van der Waals surface area contributed by atoms with Gasteiger partial charge in [0, 0.05) is 13.0 Å². The van der Waals surface area contributed by atoms with E-state index in [2.05, 4.69) is 13.8 Å². The molecule has 0 aliphatic rings. The Bertz CT molecular complexity index is 878. The zero-order valence-corrected chi connectivity index (χ0v) is 36.0. The van der Waals surface area contributed by atoms with E-state index in [4.69, 9.17) is 29.4 Å². The smallest absolute Gasteiger partial charge is 0.472 e. The maximum Gasteiger partial charge on any atom is 0.472 e. The number of carboxylic acid groups (broad SMARTS) is 1. The first-order chi connectivity index (χ1) is 26.2. The van der Waals surface area contributed by atoms with Gasteiger partial charge in [0.25, 0.3) is 0 Å². The average Bonchev–Trinajstić information content (AvgIpc) is 3.15. The lowest BCUT2D eigenvalue weighted by molar-refractivity contribution is -0.154. The van der Waals surface area contributed by atoms with Gasteiger partial charge in [-0.2, -0.15) is 0 Å². The molecule has 0 aliphatic heterocycles. The molecule has 0 aromatic heterocycles. The summed E-state index contributed by atoms with van der Waals surface area (Å²) in [5, 5.41) is 8.89. The largest absolute Gasteiger partial charge is 0.480 e. The Balaban J connectivity index is 4.12. The Kier molecular flexibility index (Phi) is 39.4. The van der Waals surface area contributed by atoms with E-state index < -0.39 is 45.1 Å². The molecule has 0 bridgehead atoms. The minimum absolute atomic E-state index is 0.0255. The summed E-state index contributed by atoms with van der Waals surface area (Å²) < 4.78 is 33.3. The average molecular weight is 792 g/mol. The number of carboxylic acids is 1. The first-order valence-electron chi connectivity index (χ1n) is 22.6. The van der Waals surface area contributed by atoms with Crippen LogP contribution >= 0.6 is 7.82 Å². The second-order valence-electron chi connectivity index (χ2n) is 15.5. The van der Waals surface area contributed by atoms with E-state index in [0.717, 1.165) is 38.5 Å². The van der Waals surface area contributed by atoms with E-state index >= 15 is 0 Å². The number of phosphoric acid groups is 1. The number of hydrogen-bond acceptors (Lipinski definition) is 8. The normalized spacial score (nSPS) is 13.9. The summed E-state index contributed by atoms with van der Waals surface area (Å²) in [5.41, 5.74) is 5.35. The summed E-state index contributed by atoms with van der Waals surface area (Å²) in [5.74, 6) is -1.76. The van der Waals surface area contributed by atoms with Gasteiger partial charge in [-0.15, -0.1) is 0 Å². The molecule has 0 aromatic rings. The number of unbranched alkanes of at least 4 members (excludes halogenated alkanes) is 30. The summed E-state index contributed by atoms with van der Waals surface area (Å²) in [6.07, 6.45) is 40.1. The van der Waals surface area contributed by atoms with Crippen molar-refractivity contribution in [1.82, 2.24) is 0 Å². The van der Waals surface area contributed by atoms with E-state index in [1.54, 1.807) is 0 Å². The van der Waals surface area contributed by atoms with Crippen molar-refractivity contribution in [3.63, 3.8) is 0 Å². The van der Waals surface area contributed by atoms with E-state index in [1.165, 1.54) is 167 Å². The molecule has 0 fully saturated rings. The Morgan fingerprint density at radius 2 is 0.852 bits per heavy atom. The number of esters is 1. The van der Waals surface area contributed by atoms with Gasteiger partial charge in [-0.05, 0) is 12.8 Å². The fraction of sp³-hybridized carbons (Fsp3) is 0.953. The number of phosphoric ester groups is 1. The Hall–Kier alpha value is -1.03. The molecule has 0 spiro atoms. The molecule has 0 amide bonds. The summed E-state index contributed by atoms with van der Waals surface area (Å²) >= 11 is 0.